The number of sulfonamides is 1. The quantitative estimate of drug-likeness (QED) is 0.910. The Balaban J connectivity index is 2.10. The van der Waals surface area contributed by atoms with E-state index in [1.807, 2.05) is 35.1 Å². The molecule has 0 atom stereocenters. The number of hydrogen-bond acceptors (Lipinski definition) is 3. The summed E-state index contributed by atoms with van der Waals surface area (Å²) in [6, 6.07) is 16.3. The van der Waals surface area contributed by atoms with Crippen LogP contribution in [0.15, 0.2) is 65.6 Å². The van der Waals surface area contributed by atoms with Crippen molar-refractivity contribution in [2.45, 2.75) is 24.3 Å². The highest BCUT2D eigenvalue weighted by Gasteiger charge is 2.25. The molecule has 0 aliphatic heterocycles. The zero-order valence-electron chi connectivity index (χ0n) is 12.4. The fraction of sp³-hybridized carbons (Fsp3) is 0.188. The van der Waals surface area contributed by atoms with E-state index >= 15 is 0 Å². The Bertz CT molecular complexity index is 741. The van der Waals surface area contributed by atoms with Crippen molar-refractivity contribution in [3.63, 3.8) is 0 Å². The molecule has 0 saturated carbocycles. The maximum absolute atomic E-state index is 12.1. The first-order valence-electron chi connectivity index (χ1n) is 6.77. The minimum Gasteiger partial charge on any atom is -0.328 e. The molecule has 2 N–H and O–H groups in total. The number of rotatable bonds is 4. The van der Waals surface area contributed by atoms with Crippen LogP contribution in [-0.4, -0.2) is 14.4 Å². The second-order valence-corrected chi connectivity index (χ2v) is 7.05. The Morgan fingerprint density at radius 3 is 1.95 bits per heavy atom. The van der Waals surface area contributed by atoms with Crippen LogP contribution < -0.4 is 10.0 Å². The number of hydrogen-bond donors (Lipinski definition) is 2. The number of carbonyl (C=O) groups is 1. The van der Waals surface area contributed by atoms with Gasteiger partial charge in [0, 0.05) is 0 Å². The van der Waals surface area contributed by atoms with Gasteiger partial charge in [-0.05, 0) is 31.5 Å². The topological polar surface area (TPSA) is 75.3 Å². The second-order valence-electron chi connectivity index (χ2n) is 5.36. The first kappa shape index (κ1) is 16.0. The third-order valence-corrected chi connectivity index (χ3v) is 4.55. The lowest BCUT2D eigenvalue weighted by Gasteiger charge is -2.26. The number of nitrogens with one attached hydrogen (secondary N) is 2. The third-order valence-electron chi connectivity index (χ3n) is 3.20. The Hall–Kier alpha value is -2.34. The Morgan fingerprint density at radius 1 is 0.909 bits per heavy atom. The van der Waals surface area contributed by atoms with E-state index in [1.54, 1.807) is 32.0 Å². The van der Waals surface area contributed by atoms with Crippen LogP contribution in [0.1, 0.15) is 19.4 Å². The number of amides is 2. The fourth-order valence-electron chi connectivity index (χ4n) is 2.02. The van der Waals surface area contributed by atoms with E-state index < -0.39 is 21.6 Å². The lowest BCUT2D eigenvalue weighted by Crippen LogP contribution is -2.48. The Labute approximate surface area is 130 Å². The van der Waals surface area contributed by atoms with E-state index in [1.165, 1.54) is 12.1 Å². The summed E-state index contributed by atoms with van der Waals surface area (Å²) in [5, 5.41) is 2.67. The molecular weight excluding hydrogens is 300 g/mol. The smallest absolute Gasteiger partial charge is 0.328 e. The number of benzene rings is 2. The van der Waals surface area contributed by atoms with Gasteiger partial charge in [-0.2, -0.15) is 0 Å². The molecule has 0 radical (unpaired) electrons. The molecule has 0 aliphatic carbocycles. The monoisotopic (exact) mass is 318 g/mol. The molecule has 5 nitrogen and oxygen atoms in total. The van der Waals surface area contributed by atoms with Gasteiger partial charge in [0.1, 0.15) is 0 Å². The molecule has 2 aromatic carbocycles. The summed E-state index contributed by atoms with van der Waals surface area (Å²) < 4.78 is 26.2. The van der Waals surface area contributed by atoms with Crippen LogP contribution in [0.2, 0.25) is 0 Å². The van der Waals surface area contributed by atoms with Gasteiger partial charge in [-0.25, -0.2) is 17.9 Å². The van der Waals surface area contributed by atoms with Gasteiger partial charge in [-0.15, -0.1) is 0 Å². The van der Waals surface area contributed by atoms with Gasteiger partial charge in [0.15, 0.2) is 0 Å². The van der Waals surface area contributed by atoms with Gasteiger partial charge < -0.3 is 5.32 Å². The summed E-state index contributed by atoms with van der Waals surface area (Å²) >= 11 is 0. The molecule has 0 heterocycles. The SMILES string of the molecule is CC(C)(NC(=O)NS(=O)(=O)c1ccccc1)c1ccccc1. The van der Waals surface area contributed by atoms with Gasteiger partial charge in [-0.1, -0.05) is 48.5 Å². The number of carbonyl (C=O) groups excluding carboxylic acids is 1. The van der Waals surface area contributed by atoms with E-state index in [0.717, 1.165) is 5.56 Å². The fourth-order valence-corrected chi connectivity index (χ4v) is 2.95. The highest BCUT2D eigenvalue weighted by atomic mass is 32.2. The van der Waals surface area contributed by atoms with Crippen LogP contribution in [0.5, 0.6) is 0 Å². The van der Waals surface area contributed by atoms with E-state index in [9.17, 15) is 13.2 Å². The Morgan fingerprint density at radius 2 is 1.41 bits per heavy atom. The van der Waals surface area contributed by atoms with Crippen LogP contribution in [0.4, 0.5) is 4.79 Å². The summed E-state index contributed by atoms with van der Waals surface area (Å²) in [5.74, 6) is 0. The van der Waals surface area contributed by atoms with Crippen LogP contribution in [0.3, 0.4) is 0 Å². The van der Waals surface area contributed by atoms with Crippen LogP contribution in [-0.2, 0) is 15.6 Å². The summed E-state index contributed by atoms with van der Waals surface area (Å²) in [6.45, 7) is 3.61. The van der Waals surface area contributed by atoms with Gasteiger partial charge in [0.25, 0.3) is 10.0 Å². The minimum absolute atomic E-state index is 0.0441. The van der Waals surface area contributed by atoms with Crippen molar-refractivity contribution in [3.05, 3.63) is 66.2 Å². The zero-order valence-corrected chi connectivity index (χ0v) is 13.2. The highest BCUT2D eigenvalue weighted by molar-refractivity contribution is 7.90. The number of urea groups is 1. The van der Waals surface area contributed by atoms with E-state index in [2.05, 4.69) is 5.32 Å². The van der Waals surface area contributed by atoms with Gasteiger partial charge >= 0.3 is 6.03 Å². The lowest BCUT2D eigenvalue weighted by atomic mass is 9.95. The van der Waals surface area contributed by atoms with Crippen molar-refractivity contribution < 1.29 is 13.2 Å². The molecule has 0 unspecified atom stereocenters. The molecule has 0 spiro atoms. The molecular formula is C16H18N2O3S. The third kappa shape index (κ3) is 3.85. The molecule has 116 valence electrons. The normalized spacial score (nSPS) is 11.7. The summed E-state index contributed by atoms with van der Waals surface area (Å²) in [7, 11) is -3.88. The second kappa shape index (κ2) is 6.19. The van der Waals surface area contributed by atoms with Crippen molar-refractivity contribution in [3.8, 4) is 0 Å². The van der Waals surface area contributed by atoms with Crippen molar-refractivity contribution >= 4 is 16.1 Å². The van der Waals surface area contributed by atoms with Crippen LogP contribution >= 0.6 is 0 Å². The summed E-state index contributed by atoms with van der Waals surface area (Å²) in [6.07, 6.45) is 0. The molecule has 22 heavy (non-hydrogen) atoms. The van der Waals surface area contributed by atoms with Gasteiger partial charge in [0.05, 0.1) is 10.4 Å². The van der Waals surface area contributed by atoms with Gasteiger partial charge in [0.2, 0.25) is 0 Å². The summed E-state index contributed by atoms with van der Waals surface area (Å²) in [4.78, 5) is 12.1. The van der Waals surface area contributed by atoms with Gasteiger partial charge in [-0.3, -0.25) is 0 Å². The molecule has 0 aliphatic rings. The van der Waals surface area contributed by atoms with Crippen LogP contribution in [0, 0.1) is 0 Å². The van der Waals surface area contributed by atoms with Crippen molar-refractivity contribution in [2.24, 2.45) is 0 Å². The van der Waals surface area contributed by atoms with Crippen LogP contribution in [0.25, 0.3) is 0 Å². The predicted molar refractivity (Wildman–Crippen MR) is 84.8 cm³/mol. The largest absolute Gasteiger partial charge is 0.329 e. The van der Waals surface area contributed by atoms with Crippen molar-refractivity contribution in [1.29, 1.82) is 0 Å². The molecule has 2 rings (SSSR count). The predicted octanol–water partition coefficient (Wildman–Crippen LogP) is 2.61. The molecule has 0 saturated heterocycles. The summed E-state index contributed by atoms with van der Waals surface area (Å²) in [5.41, 5.74) is 0.180. The average Bonchev–Trinajstić information content (AvgIpc) is 2.48. The first-order chi connectivity index (χ1) is 10.3. The molecule has 2 amide bonds. The maximum Gasteiger partial charge on any atom is 0.329 e. The van der Waals surface area contributed by atoms with E-state index in [-0.39, 0.29) is 4.90 Å². The Kier molecular flexibility index (Phi) is 4.51. The molecule has 0 bridgehead atoms. The first-order valence-corrected chi connectivity index (χ1v) is 8.25. The highest BCUT2D eigenvalue weighted by Crippen LogP contribution is 2.19. The van der Waals surface area contributed by atoms with Crippen molar-refractivity contribution in [2.75, 3.05) is 0 Å². The minimum atomic E-state index is -3.88. The molecule has 2 aromatic rings. The molecule has 6 heteroatoms. The lowest BCUT2D eigenvalue weighted by molar-refractivity contribution is 0.235. The van der Waals surface area contributed by atoms with E-state index in [0.29, 0.717) is 0 Å². The molecule has 0 aromatic heterocycles. The maximum atomic E-state index is 12.1. The van der Waals surface area contributed by atoms with E-state index in [4.69, 9.17) is 0 Å². The average molecular weight is 318 g/mol. The zero-order chi connectivity index (χ0) is 16.2. The molecule has 0 fully saturated rings. The van der Waals surface area contributed by atoms with Crippen molar-refractivity contribution in [1.82, 2.24) is 10.0 Å². The standard InChI is InChI=1S/C16H18N2O3S/c1-16(2,13-9-5-3-6-10-13)17-15(19)18-22(20,21)14-11-7-4-8-12-14/h3-12H,1-2H3,(H2,17,18,19).